The Balaban J connectivity index is 2.62. The summed E-state index contributed by atoms with van der Waals surface area (Å²) < 4.78 is 0. The number of hydrogen-bond acceptors (Lipinski definition) is 2. The molecule has 96 valence electrons. The van der Waals surface area contributed by atoms with Crippen LogP contribution < -0.4 is 0 Å². The molecule has 17 heavy (non-hydrogen) atoms. The zero-order valence-electron chi connectivity index (χ0n) is 11.3. The van der Waals surface area contributed by atoms with Crippen molar-refractivity contribution in [2.75, 3.05) is 0 Å². The topological polar surface area (TPSA) is 37.4 Å². The van der Waals surface area contributed by atoms with Crippen molar-refractivity contribution in [3.8, 4) is 0 Å². The monoisotopic (exact) mass is 237 g/mol. The van der Waals surface area contributed by atoms with Gasteiger partial charge in [0.15, 0.2) is 0 Å². The van der Waals surface area contributed by atoms with Gasteiger partial charge in [-0.3, -0.25) is 14.5 Å². The quantitative estimate of drug-likeness (QED) is 0.526. The molecule has 3 heteroatoms. The normalized spacial score (nSPS) is 17.9. The van der Waals surface area contributed by atoms with Crippen molar-refractivity contribution in [3.63, 3.8) is 0 Å². The summed E-state index contributed by atoms with van der Waals surface area (Å²) in [5, 5.41) is 0. The summed E-state index contributed by atoms with van der Waals surface area (Å²) in [6, 6.07) is 0.0223. The van der Waals surface area contributed by atoms with Gasteiger partial charge >= 0.3 is 0 Å². The van der Waals surface area contributed by atoms with Crippen LogP contribution in [-0.2, 0) is 9.59 Å². The molecule has 1 atom stereocenters. The van der Waals surface area contributed by atoms with Crippen molar-refractivity contribution in [2.45, 2.75) is 59.4 Å². The fraction of sp³-hybridized carbons (Fsp3) is 0.714. The van der Waals surface area contributed by atoms with Gasteiger partial charge in [-0.1, -0.05) is 40.0 Å². The molecule has 1 heterocycles. The number of imide groups is 1. The van der Waals surface area contributed by atoms with Crippen molar-refractivity contribution in [1.29, 1.82) is 0 Å². The van der Waals surface area contributed by atoms with E-state index >= 15 is 0 Å². The van der Waals surface area contributed by atoms with Gasteiger partial charge in [0.05, 0.1) is 0 Å². The molecule has 2 amide bonds. The lowest BCUT2D eigenvalue weighted by atomic mass is 10.0. The summed E-state index contributed by atoms with van der Waals surface area (Å²) in [5.74, 6) is -0.101. The predicted molar refractivity (Wildman–Crippen MR) is 68.4 cm³/mol. The first-order valence-electron chi connectivity index (χ1n) is 6.58. The second-order valence-electron chi connectivity index (χ2n) is 5.11. The number of carbonyl (C=O) groups excluding carboxylic acids is 2. The molecule has 0 fully saturated rings. The molecule has 0 N–H and O–H groups in total. The molecule has 0 aromatic rings. The highest BCUT2D eigenvalue weighted by Gasteiger charge is 2.34. The average molecular weight is 237 g/mol. The van der Waals surface area contributed by atoms with Crippen LogP contribution in [0.4, 0.5) is 0 Å². The Hall–Kier alpha value is -1.12. The lowest BCUT2D eigenvalue weighted by Crippen LogP contribution is -2.39. The van der Waals surface area contributed by atoms with Gasteiger partial charge in [-0.15, -0.1) is 0 Å². The third-order valence-electron chi connectivity index (χ3n) is 3.27. The number of amides is 2. The second-order valence-corrected chi connectivity index (χ2v) is 5.11. The van der Waals surface area contributed by atoms with Crippen molar-refractivity contribution in [2.24, 2.45) is 5.92 Å². The summed E-state index contributed by atoms with van der Waals surface area (Å²) >= 11 is 0. The Labute approximate surface area is 104 Å². The molecular weight excluding hydrogens is 214 g/mol. The van der Waals surface area contributed by atoms with E-state index in [1.807, 2.05) is 20.8 Å². The van der Waals surface area contributed by atoms with Gasteiger partial charge in [0.2, 0.25) is 0 Å². The fourth-order valence-electron chi connectivity index (χ4n) is 2.15. The average Bonchev–Trinajstić information content (AvgIpc) is 2.54. The lowest BCUT2D eigenvalue weighted by molar-refractivity contribution is -0.139. The van der Waals surface area contributed by atoms with Gasteiger partial charge in [-0.2, -0.15) is 0 Å². The first-order chi connectivity index (χ1) is 7.99. The minimum Gasteiger partial charge on any atom is -0.272 e. The summed E-state index contributed by atoms with van der Waals surface area (Å²) in [4.78, 5) is 25.3. The Kier molecular flexibility index (Phi) is 4.91. The lowest BCUT2D eigenvalue weighted by Gasteiger charge is -2.23. The Morgan fingerprint density at radius 1 is 1.18 bits per heavy atom. The largest absolute Gasteiger partial charge is 0.272 e. The van der Waals surface area contributed by atoms with Crippen molar-refractivity contribution in [1.82, 2.24) is 4.90 Å². The van der Waals surface area contributed by atoms with Crippen molar-refractivity contribution < 1.29 is 9.59 Å². The Bertz CT molecular complexity index is 331. The molecule has 1 rings (SSSR count). The van der Waals surface area contributed by atoms with Crippen LogP contribution in [0.15, 0.2) is 11.6 Å². The van der Waals surface area contributed by atoms with E-state index in [4.69, 9.17) is 0 Å². The smallest absolute Gasteiger partial charge is 0.257 e. The molecule has 0 bridgehead atoms. The molecule has 1 unspecified atom stereocenters. The number of rotatable bonds is 6. The Morgan fingerprint density at radius 3 is 2.29 bits per heavy atom. The number of unbranched alkanes of at least 4 members (excludes halogenated alkanes) is 2. The minimum absolute atomic E-state index is 0.0223. The van der Waals surface area contributed by atoms with E-state index in [1.54, 1.807) is 0 Å². The zero-order valence-corrected chi connectivity index (χ0v) is 11.3. The summed E-state index contributed by atoms with van der Waals surface area (Å²) in [6.07, 6.45) is 5.80. The van der Waals surface area contributed by atoms with Crippen molar-refractivity contribution >= 4 is 11.8 Å². The first-order valence-corrected chi connectivity index (χ1v) is 6.58. The van der Waals surface area contributed by atoms with Crippen LogP contribution in [0.3, 0.4) is 0 Å². The van der Waals surface area contributed by atoms with Crippen LogP contribution >= 0.6 is 0 Å². The Morgan fingerprint density at radius 2 is 1.82 bits per heavy atom. The molecule has 1 aliphatic rings. The van der Waals surface area contributed by atoms with Crippen LogP contribution in [0.1, 0.15) is 53.4 Å². The molecular formula is C14H23NO2. The van der Waals surface area contributed by atoms with Crippen LogP contribution in [0.25, 0.3) is 0 Å². The van der Waals surface area contributed by atoms with E-state index in [0.29, 0.717) is 5.57 Å². The molecule has 0 radical (unpaired) electrons. The summed E-state index contributed by atoms with van der Waals surface area (Å²) in [6.45, 7) is 8.00. The number of nitrogens with zero attached hydrogens (tertiary/aromatic N) is 1. The maximum absolute atomic E-state index is 12.1. The van der Waals surface area contributed by atoms with Gasteiger partial charge in [0.1, 0.15) is 0 Å². The molecule has 0 saturated heterocycles. The minimum atomic E-state index is -0.136. The summed E-state index contributed by atoms with van der Waals surface area (Å²) in [7, 11) is 0. The molecule has 0 saturated carbocycles. The third-order valence-corrected chi connectivity index (χ3v) is 3.27. The van der Waals surface area contributed by atoms with E-state index in [9.17, 15) is 9.59 Å². The standard InChI is InChI=1S/C14H23NO2/c1-5-6-7-8-11(4)15-13(16)9-12(10(2)3)14(15)17/h9-11H,5-8H2,1-4H3. The number of carbonyl (C=O) groups is 2. The van der Waals surface area contributed by atoms with Crippen LogP contribution in [-0.4, -0.2) is 22.8 Å². The first kappa shape index (κ1) is 13.9. The molecule has 3 nitrogen and oxygen atoms in total. The predicted octanol–water partition coefficient (Wildman–Crippen LogP) is 2.91. The molecule has 0 aliphatic carbocycles. The second kappa shape index (κ2) is 5.99. The van der Waals surface area contributed by atoms with Gasteiger partial charge < -0.3 is 0 Å². The summed E-state index contributed by atoms with van der Waals surface area (Å²) in [5.41, 5.74) is 0.650. The van der Waals surface area contributed by atoms with Gasteiger partial charge in [0.25, 0.3) is 11.8 Å². The molecule has 1 aliphatic heterocycles. The number of hydrogen-bond donors (Lipinski definition) is 0. The molecule has 0 spiro atoms. The third kappa shape index (κ3) is 3.18. The van der Waals surface area contributed by atoms with E-state index in [0.717, 1.165) is 25.7 Å². The van der Waals surface area contributed by atoms with Gasteiger partial charge in [0, 0.05) is 17.7 Å². The maximum Gasteiger partial charge on any atom is 0.257 e. The molecule has 0 aromatic heterocycles. The van der Waals surface area contributed by atoms with Crippen LogP contribution in [0, 0.1) is 5.92 Å². The van der Waals surface area contributed by atoms with Crippen LogP contribution in [0.5, 0.6) is 0 Å². The SMILES string of the molecule is CCCCCC(C)N1C(=O)C=C(C(C)C)C1=O. The highest BCUT2D eigenvalue weighted by molar-refractivity contribution is 6.16. The van der Waals surface area contributed by atoms with E-state index < -0.39 is 0 Å². The molecule has 0 aromatic carbocycles. The van der Waals surface area contributed by atoms with Gasteiger partial charge in [-0.25, -0.2) is 0 Å². The highest BCUT2D eigenvalue weighted by atomic mass is 16.2. The van der Waals surface area contributed by atoms with E-state index in [-0.39, 0.29) is 23.8 Å². The zero-order chi connectivity index (χ0) is 13.0. The van der Waals surface area contributed by atoms with Gasteiger partial charge in [-0.05, 0) is 19.3 Å². The highest BCUT2D eigenvalue weighted by Crippen LogP contribution is 2.23. The van der Waals surface area contributed by atoms with Crippen LogP contribution in [0.2, 0.25) is 0 Å². The van der Waals surface area contributed by atoms with Crippen molar-refractivity contribution in [3.05, 3.63) is 11.6 Å². The van der Waals surface area contributed by atoms with E-state index in [1.165, 1.54) is 11.0 Å². The maximum atomic E-state index is 12.1. The van der Waals surface area contributed by atoms with E-state index in [2.05, 4.69) is 6.92 Å². The fourth-order valence-corrected chi connectivity index (χ4v) is 2.15.